The third kappa shape index (κ3) is 4.51. The van der Waals surface area contributed by atoms with Crippen molar-refractivity contribution in [1.29, 1.82) is 0 Å². The summed E-state index contributed by atoms with van der Waals surface area (Å²) in [5, 5.41) is 19.2. The smallest absolute Gasteiger partial charge is 0.189 e. The van der Waals surface area contributed by atoms with Crippen LogP contribution in [0.4, 0.5) is 16.5 Å². The number of para-hydroxylation sites is 1. The van der Waals surface area contributed by atoms with Crippen LogP contribution < -0.4 is 15.8 Å². The lowest BCUT2D eigenvalue weighted by molar-refractivity contribution is -0.255. The van der Waals surface area contributed by atoms with Gasteiger partial charge in [0.1, 0.15) is 0 Å². The summed E-state index contributed by atoms with van der Waals surface area (Å²) in [7, 11) is 0. The summed E-state index contributed by atoms with van der Waals surface area (Å²) in [6, 6.07) is 14.0. The molecule has 0 saturated heterocycles. The Morgan fingerprint density at radius 1 is 1.15 bits per heavy atom. The summed E-state index contributed by atoms with van der Waals surface area (Å²) in [6.45, 7) is 0. The van der Waals surface area contributed by atoms with Gasteiger partial charge in [-0.25, -0.2) is 4.98 Å². The molecule has 3 aromatic rings. The number of anilines is 3. The standard InChI is InChI=1S/C17H12Cl2N4O2S/c18-13-7-6-11(8-12(13)16(24)25)23-20-9-14-15(19)22-17(26-14)21-10-4-2-1-3-5-10/h1-9,23H,(H,21,22)(H,24,25)/p-1/b20-9+. The van der Waals surface area contributed by atoms with Crippen molar-refractivity contribution in [3.05, 3.63) is 69.1 Å². The number of aromatic nitrogens is 1. The molecule has 2 N–H and O–H groups in total. The van der Waals surface area contributed by atoms with E-state index < -0.39 is 5.97 Å². The van der Waals surface area contributed by atoms with Crippen molar-refractivity contribution in [1.82, 2.24) is 4.98 Å². The Morgan fingerprint density at radius 2 is 1.92 bits per heavy atom. The number of carboxylic acid groups (broad SMARTS) is 1. The maximum Gasteiger partial charge on any atom is 0.189 e. The first-order valence-corrected chi connectivity index (χ1v) is 8.88. The van der Waals surface area contributed by atoms with E-state index in [9.17, 15) is 9.90 Å². The van der Waals surface area contributed by atoms with Crippen molar-refractivity contribution in [2.45, 2.75) is 0 Å². The van der Waals surface area contributed by atoms with Crippen molar-refractivity contribution in [3.8, 4) is 0 Å². The molecule has 0 radical (unpaired) electrons. The molecule has 132 valence electrons. The Labute approximate surface area is 163 Å². The number of carboxylic acids is 1. The van der Waals surface area contributed by atoms with Gasteiger partial charge in [0, 0.05) is 16.3 Å². The van der Waals surface area contributed by atoms with Gasteiger partial charge in [-0.1, -0.05) is 52.7 Å². The Kier molecular flexibility index (Phi) is 5.72. The number of hydrazone groups is 1. The highest BCUT2D eigenvalue weighted by molar-refractivity contribution is 7.17. The normalized spacial score (nSPS) is 10.8. The highest BCUT2D eigenvalue weighted by Gasteiger charge is 2.08. The minimum absolute atomic E-state index is 0.0988. The molecule has 0 bridgehead atoms. The van der Waals surface area contributed by atoms with Gasteiger partial charge in [0.05, 0.1) is 22.7 Å². The number of nitrogens with one attached hydrogen (secondary N) is 2. The van der Waals surface area contributed by atoms with Crippen LogP contribution in [0.25, 0.3) is 0 Å². The molecule has 3 rings (SSSR count). The first-order chi connectivity index (χ1) is 12.5. The fourth-order valence-electron chi connectivity index (χ4n) is 2.01. The number of aromatic carboxylic acids is 1. The van der Waals surface area contributed by atoms with Gasteiger partial charge < -0.3 is 15.2 Å². The maximum atomic E-state index is 11.0. The van der Waals surface area contributed by atoms with Gasteiger partial charge in [0.25, 0.3) is 0 Å². The Bertz CT molecular complexity index is 961. The van der Waals surface area contributed by atoms with Crippen LogP contribution in [0, 0.1) is 0 Å². The number of halogens is 2. The van der Waals surface area contributed by atoms with Crippen LogP contribution in [0.2, 0.25) is 10.2 Å². The van der Waals surface area contributed by atoms with Crippen LogP contribution in [0.1, 0.15) is 15.2 Å². The lowest BCUT2D eigenvalue weighted by Gasteiger charge is -2.07. The fourth-order valence-corrected chi connectivity index (χ4v) is 3.25. The molecule has 0 unspecified atom stereocenters. The number of benzene rings is 2. The second-order valence-electron chi connectivity index (χ2n) is 5.02. The van der Waals surface area contributed by atoms with Crippen LogP contribution >= 0.6 is 34.5 Å². The van der Waals surface area contributed by atoms with E-state index in [4.69, 9.17) is 23.2 Å². The van der Waals surface area contributed by atoms with E-state index in [-0.39, 0.29) is 10.6 Å². The summed E-state index contributed by atoms with van der Waals surface area (Å²) in [4.78, 5) is 15.8. The highest BCUT2D eigenvalue weighted by atomic mass is 35.5. The average Bonchev–Trinajstić information content (AvgIpc) is 2.96. The zero-order valence-electron chi connectivity index (χ0n) is 13.1. The molecule has 0 atom stereocenters. The molecule has 0 saturated carbocycles. The Morgan fingerprint density at radius 3 is 2.65 bits per heavy atom. The Hall–Kier alpha value is -2.61. The lowest BCUT2D eigenvalue weighted by Crippen LogP contribution is -2.22. The zero-order valence-corrected chi connectivity index (χ0v) is 15.4. The molecule has 2 aromatic carbocycles. The van der Waals surface area contributed by atoms with Gasteiger partial charge in [0.2, 0.25) is 0 Å². The fraction of sp³-hybridized carbons (Fsp3) is 0. The molecule has 0 fully saturated rings. The van der Waals surface area contributed by atoms with Gasteiger partial charge in [0.15, 0.2) is 10.3 Å². The monoisotopic (exact) mass is 405 g/mol. The molecule has 0 aliphatic carbocycles. The van der Waals surface area contributed by atoms with Crippen molar-refractivity contribution < 1.29 is 9.90 Å². The largest absolute Gasteiger partial charge is 0.545 e. The molecular weight excluding hydrogens is 395 g/mol. The molecule has 0 aliphatic heterocycles. The maximum absolute atomic E-state index is 11.0. The topological polar surface area (TPSA) is 89.4 Å². The molecular formula is C17H11Cl2N4O2S-. The van der Waals surface area contributed by atoms with Gasteiger partial charge >= 0.3 is 0 Å². The van der Waals surface area contributed by atoms with E-state index in [1.165, 1.54) is 29.7 Å². The molecule has 0 aliphatic rings. The van der Waals surface area contributed by atoms with E-state index in [0.717, 1.165) is 5.69 Å². The van der Waals surface area contributed by atoms with Crippen LogP contribution in [0.15, 0.2) is 53.6 Å². The third-order valence-electron chi connectivity index (χ3n) is 3.20. The summed E-state index contributed by atoms with van der Waals surface area (Å²) in [5.74, 6) is -1.36. The van der Waals surface area contributed by atoms with Crippen molar-refractivity contribution in [2.24, 2.45) is 5.10 Å². The number of hydrogen-bond donors (Lipinski definition) is 2. The molecule has 26 heavy (non-hydrogen) atoms. The Balaban J connectivity index is 1.69. The number of hydrogen-bond acceptors (Lipinski definition) is 7. The van der Waals surface area contributed by atoms with Crippen LogP contribution in [-0.4, -0.2) is 17.2 Å². The first-order valence-electron chi connectivity index (χ1n) is 7.31. The van der Waals surface area contributed by atoms with Gasteiger partial charge in [-0.3, -0.25) is 5.43 Å². The number of carbonyl (C=O) groups excluding carboxylic acids is 1. The second-order valence-corrected chi connectivity index (χ2v) is 6.81. The summed E-state index contributed by atoms with van der Waals surface area (Å²) >= 11 is 13.2. The lowest BCUT2D eigenvalue weighted by atomic mass is 10.2. The summed E-state index contributed by atoms with van der Waals surface area (Å²) in [6.07, 6.45) is 1.50. The highest BCUT2D eigenvalue weighted by Crippen LogP contribution is 2.28. The molecule has 0 amide bonds. The van der Waals surface area contributed by atoms with E-state index in [1.54, 1.807) is 6.07 Å². The van der Waals surface area contributed by atoms with Crippen molar-refractivity contribution in [2.75, 3.05) is 10.7 Å². The van der Waals surface area contributed by atoms with Crippen molar-refractivity contribution >= 4 is 63.2 Å². The predicted octanol–water partition coefficient (Wildman–Crippen LogP) is 4.00. The average molecular weight is 406 g/mol. The zero-order chi connectivity index (χ0) is 18.5. The molecule has 1 aromatic heterocycles. The van der Waals surface area contributed by atoms with Gasteiger partial charge in [-0.05, 0) is 30.3 Å². The van der Waals surface area contributed by atoms with E-state index in [2.05, 4.69) is 20.8 Å². The first kappa shape index (κ1) is 18.2. The molecule has 0 spiro atoms. The number of rotatable bonds is 6. The number of nitrogens with zero attached hydrogens (tertiary/aromatic N) is 2. The molecule has 9 heteroatoms. The van der Waals surface area contributed by atoms with Crippen LogP contribution in [0.3, 0.4) is 0 Å². The van der Waals surface area contributed by atoms with Gasteiger partial charge in [-0.2, -0.15) is 5.10 Å². The second kappa shape index (κ2) is 8.18. The predicted molar refractivity (Wildman–Crippen MR) is 104 cm³/mol. The SMILES string of the molecule is O=C([O-])c1cc(N/N=C/c2sc(Nc3ccccc3)nc2Cl)ccc1Cl. The number of carbonyl (C=O) groups is 1. The molecule has 1 heterocycles. The van der Waals surface area contributed by atoms with E-state index >= 15 is 0 Å². The minimum atomic E-state index is -1.36. The summed E-state index contributed by atoms with van der Waals surface area (Å²) < 4.78 is 0. The van der Waals surface area contributed by atoms with Gasteiger partial charge in [-0.15, -0.1) is 0 Å². The molecule has 6 nitrogen and oxygen atoms in total. The summed E-state index contributed by atoms with van der Waals surface area (Å²) in [5.41, 5.74) is 3.96. The van der Waals surface area contributed by atoms with Crippen LogP contribution in [-0.2, 0) is 0 Å². The minimum Gasteiger partial charge on any atom is -0.545 e. The third-order valence-corrected chi connectivity index (χ3v) is 4.83. The van der Waals surface area contributed by atoms with Crippen molar-refractivity contribution in [3.63, 3.8) is 0 Å². The number of thiazole rings is 1. The van der Waals surface area contributed by atoms with E-state index in [0.29, 0.717) is 20.8 Å². The van der Waals surface area contributed by atoms with E-state index in [1.807, 2.05) is 30.3 Å². The quantitative estimate of drug-likeness (QED) is 0.477. The van der Waals surface area contributed by atoms with Crippen LogP contribution in [0.5, 0.6) is 0 Å².